The lowest BCUT2D eigenvalue weighted by Crippen LogP contribution is -2.35. The van der Waals surface area contributed by atoms with E-state index in [1.807, 2.05) is 19.1 Å². The van der Waals surface area contributed by atoms with E-state index < -0.39 is 0 Å². The molecule has 1 aromatic rings. The molecule has 0 fully saturated rings. The van der Waals surface area contributed by atoms with Crippen LogP contribution < -0.4 is 11.1 Å². The van der Waals surface area contributed by atoms with Crippen LogP contribution in [0.25, 0.3) is 0 Å². The third-order valence-corrected chi connectivity index (χ3v) is 3.08. The number of amides is 1. The Morgan fingerprint density at radius 1 is 1.43 bits per heavy atom. The summed E-state index contributed by atoms with van der Waals surface area (Å²) in [7, 11) is 3.18. The van der Waals surface area contributed by atoms with Crippen LogP contribution in [0.15, 0.2) is 18.2 Å². The molecule has 5 heteroatoms. The van der Waals surface area contributed by atoms with E-state index in [4.69, 9.17) is 15.2 Å². The Morgan fingerprint density at radius 2 is 2.19 bits per heavy atom. The van der Waals surface area contributed by atoms with E-state index in [1.54, 1.807) is 20.3 Å². The van der Waals surface area contributed by atoms with E-state index in [0.717, 1.165) is 11.1 Å². The molecule has 21 heavy (non-hydrogen) atoms. The molecule has 1 unspecified atom stereocenters. The third kappa shape index (κ3) is 5.20. The fourth-order valence-electron chi connectivity index (χ4n) is 1.86. The molecule has 114 valence electrons. The first-order valence-corrected chi connectivity index (χ1v) is 6.72. The molecule has 0 saturated heterocycles. The predicted octanol–water partition coefficient (Wildman–Crippen LogP) is 0.696. The summed E-state index contributed by atoms with van der Waals surface area (Å²) in [4.78, 5) is 12.2. The quantitative estimate of drug-likeness (QED) is 0.756. The van der Waals surface area contributed by atoms with Gasteiger partial charge < -0.3 is 20.5 Å². The highest BCUT2D eigenvalue weighted by Gasteiger charge is 2.13. The summed E-state index contributed by atoms with van der Waals surface area (Å²) in [5.41, 5.74) is 7.63. The highest BCUT2D eigenvalue weighted by Crippen LogP contribution is 2.12. The summed E-state index contributed by atoms with van der Waals surface area (Å²) in [6.45, 7) is 2.99. The minimum Gasteiger partial charge on any atom is -0.382 e. The Balaban J connectivity index is 2.78. The molecule has 1 amide bonds. The lowest BCUT2D eigenvalue weighted by atomic mass is 10.0. The van der Waals surface area contributed by atoms with Gasteiger partial charge in [0.25, 0.3) is 5.91 Å². The van der Waals surface area contributed by atoms with Crippen LogP contribution in [0.5, 0.6) is 0 Å². The Morgan fingerprint density at radius 3 is 2.81 bits per heavy atom. The van der Waals surface area contributed by atoms with Crippen LogP contribution in [-0.2, 0) is 9.47 Å². The second-order valence-corrected chi connectivity index (χ2v) is 4.51. The standard InChI is InChI=1S/C16H22N2O3/c1-12-13(7-5-9-17)6-4-8-15(12)16(19)18-10-14(21-3)11-20-2/h4,6,8,14H,9-11,17H2,1-3H3,(H,18,19). The highest BCUT2D eigenvalue weighted by atomic mass is 16.5. The highest BCUT2D eigenvalue weighted by molar-refractivity contribution is 5.96. The van der Waals surface area contributed by atoms with Gasteiger partial charge in [0.1, 0.15) is 0 Å². The van der Waals surface area contributed by atoms with Gasteiger partial charge in [-0.25, -0.2) is 0 Å². The first-order chi connectivity index (χ1) is 10.1. The van der Waals surface area contributed by atoms with Crippen molar-refractivity contribution in [3.63, 3.8) is 0 Å². The average Bonchev–Trinajstić information content (AvgIpc) is 2.50. The van der Waals surface area contributed by atoms with E-state index in [2.05, 4.69) is 17.2 Å². The zero-order valence-electron chi connectivity index (χ0n) is 12.7. The first kappa shape index (κ1) is 17.2. The van der Waals surface area contributed by atoms with E-state index in [-0.39, 0.29) is 12.0 Å². The molecule has 0 spiro atoms. The van der Waals surface area contributed by atoms with Gasteiger partial charge in [0.2, 0.25) is 0 Å². The van der Waals surface area contributed by atoms with Gasteiger partial charge in [-0.2, -0.15) is 0 Å². The summed E-state index contributed by atoms with van der Waals surface area (Å²) < 4.78 is 10.2. The number of nitrogens with one attached hydrogen (secondary N) is 1. The van der Waals surface area contributed by atoms with Crippen LogP contribution in [0.3, 0.4) is 0 Å². The summed E-state index contributed by atoms with van der Waals surface area (Å²) in [6, 6.07) is 5.46. The lowest BCUT2D eigenvalue weighted by Gasteiger charge is -2.15. The lowest BCUT2D eigenvalue weighted by molar-refractivity contribution is 0.0285. The SMILES string of the molecule is COCC(CNC(=O)c1cccc(C#CCN)c1C)OC. The molecular weight excluding hydrogens is 268 g/mol. The largest absolute Gasteiger partial charge is 0.382 e. The Kier molecular flexibility index (Phi) is 7.48. The second kappa shape index (κ2) is 9.14. The van der Waals surface area contributed by atoms with E-state index in [1.165, 1.54) is 0 Å². The zero-order valence-corrected chi connectivity index (χ0v) is 12.7. The summed E-state index contributed by atoms with van der Waals surface area (Å²) in [5, 5.41) is 2.84. The Labute approximate surface area is 125 Å². The van der Waals surface area contributed by atoms with Gasteiger partial charge in [-0.15, -0.1) is 0 Å². The van der Waals surface area contributed by atoms with Gasteiger partial charge in [0.05, 0.1) is 19.3 Å². The fraction of sp³-hybridized carbons (Fsp3) is 0.438. The molecule has 0 aliphatic heterocycles. The van der Waals surface area contributed by atoms with Gasteiger partial charge in [-0.05, 0) is 24.6 Å². The Hall–Kier alpha value is -1.87. The van der Waals surface area contributed by atoms with Crippen LogP contribution in [0, 0.1) is 18.8 Å². The van der Waals surface area contributed by atoms with Gasteiger partial charge in [0, 0.05) is 31.9 Å². The number of nitrogens with two attached hydrogens (primary N) is 1. The molecular formula is C16H22N2O3. The van der Waals surface area contributed by atoms with Crippen molar-refractivity contribution in [1.29, 1.82) is 0 Å². The normalized spacial score (nSPS) is 11.4. The first-order valence-electron chi connectivity index (χ1n) is 6.72. The minimum atomic E-state index is -0.167. The summed E-state index contributed by atoms with van der Waals surface area (Å²) >= 11 is 0. The average molecular weight is 290 g/mol. The molecule has 0 aliphatic carbocycles. The van der Waals surface area contributed by atoms with Gasteiger partial charge in [-0.3, -0.25) is 4.79 Å². The van der Waals surface area contributed by atoms with Crippen molar-refractivity contribution in [3.05, 3.63) is 34.9 Å². The number of rotatable bonds is 6. The molecule has 1 aromatic carbocycles. The van der Waals surface area contributed by atoms with Crippen LogP contribution >= 0.6 is 0 Å². The molecule has 1 rings (SSSR count). The van der Waals surface area contributed by atoms with Gasteiger partial charge in [0.15, 0.2) is 0 Å². The molecule has 1 atom stereocenters. The minimum absolute atomic E-state index is 0.151. The van der Waals surface area contributed by atoms with Crippen molar-refractivity contribution in [2.75, 3.05) is 33.9 Å². The van der Waals surface area contributed by atoms with Crippen molar-refractivity contribution in [2.24, 2.45) is 5.73 Å². The van der Waals surface area contributed by atoms with Crippen LogP contribution in [-0.4, -0.2) is 45.9 Å². The maximum atomic E-state index is 12.2. The zero-order chi connectivity index (χ0) is 15.7. The van der Waals surface area contributed by atoms with Crippen molar-refractivity contribution >= 4 is 5.91 Å². The molecule has 0 aromatic heterocycles. The van der Waals surface area contributed by atoms with Crippen molar-refractivity contribution in [2.45, 2.75) is 13.0 Å². The topological polar surface area (TPSA) is 73.6 Å². The number of carbonyl (C=O) groups is 1. The molecule has 5 nitrogen and oxygen atoms in total. The third-order valence-electron chi connectivity index (χ3n) is 3.08. The number of ether oxygens (including phenoxy) is 2. The van der Waals surface area contributed by atoms with E-state index >= 15 is 0 Å². The molecule has 0 aliphatic rings. The Bertz CT molecular complexity index is 532. The molecule has 0 saturated carbocycles. The van der Waals surface area contributed by atoms with Crippen LogP contribution in [0.4, 0.5) is 0 Å². The van der Waals surface area contributed by atoms with Crippen molar-refractivity contribution in [1.82, 2.24) is 5.32 Å². The van der Waals surface area contributed by atoms with E-state index in [0.29, 0.717) is 25.3 Å². The van der Waals surface area contributed by atoms with Gasteiger partial charge >= 0.3 is 0 Å². The number of benzene rings is 1. The molecule has 3 N–H and O–H groups in total. The number of carbonyl (C=O) groups excluding carboxylic acids is 1. The smallest absolute Gasteiger partial charge is 0.251 e. The van der Waals surface area contributed by atoms with E-state index in [9.17, 15) is 4.79 Å². The van der Waals surface area contributed by atoms with Crippen molar-refractivity contribution in [3.8, 4) is 11.8 Å². The monoisotopic (exact) mass is 290 g/mol. The maximum Gasteiger partial charge on any atom is 0.251 e. The van der Waals surface area contributed by atoms with Gasteiger partial charge in [-0.1, -0.05) is 17.9 Å². The molecule has 0 bridgehead atoms. The molecule has 0 radical (unpaired) electrons. The number of hydrogen-bond acceptors (Lipinski definition) is 4. The maximum absolute atomic E-state index is 12.2. The second-order valence-electron chi connectivity index (χ2n) is 4.51. The van der Waals surface area contributed by atoms with Crippen LogP contribution in [0.2, 0.25) is 0 Å². The van der Waals surface area contributed by atoms with Crippen LogP contribution in [0.1, 0.15) is 21.5 Å². The number of methoxy groups -OCH3 is 2. The summed E-state index contributed by atoms with van der Waals surface area (Å²) in [5.74, 6) is 5.61. The fourth-order valence-corrected chi connectivity index (χ4v) is 1.86. The van der Waals surface area contributed by atoms with Crippen molar-refractivity contribution < 1.29 is 14.3 Å². The summed E-state index contributed by atoms with van der Waals surface area (Å²) in [6.07, 6.45) is -0.167. The number of hydrogen-bond donors (Lipinski definition) is 2. The molecule has 0 heterocycles. The predicted molar refractivity (Wildman–Crippen MR) is 82.1 cm³/mol.